The minimum Gasteiger partial charge on any atom is -0.271 e. The van der Waals surface area contributed by atoms with E-state index in [-0.39, 0.29) is 0 Å². The van der Waals surface area contributed by atoms with E-state index in [1.165, 1.54) is 24.8 Å². The van der Waals surface area contributed by atoms with Crippen molar-refractivity contribution in [2.24, 2.45) is 17.2 Å². The van der Waals surface area contributed by atoms with E-state index in [4.69, 9.17) is 17.4 Å². The van der Waals surface area contributed by atoms with Crippen LogP contribution in [0.2, 0.25) is 5.02 Å². The summed E-state index contributed by atoms with van der Waals surface area (Å²) in [5.41, 5.74) is 4.72. The number of nitrogens with one attached hydrogen (secondary N) is 1. The third-order valence-corrected chi connectivity index (χ3v) is 4.66. The van der Waals surface area contributed by atoms with Crippen molar-refractivity contribution in [2.45, 2.75) is 45.6 Å². The van der Waals surface area contributed by atoms with Gasteiger partial charge in [0.15, 0.2) is 0 Å². The third-order valence-electron chi connectivity index (χ3n) is 4.41. The van der Waals surface area contributed by atoms with Crippen molar-refractivity contribution in [1.82, 2.24) is 5.43 Å². The van der Waals surface area contributed by atoms with E-state index < -0.39 is 0 Å². The number of hydrazine groups is 1. The molecule has 0 saturated heterocycles. The van der Waals surface area contributed by atoms with Gasteiger partial charge >= 0.3 is 0 Å². The number of hydrogen-bond donors (Lipinski definition) is 2. The zero-order chi connectivity index (χ0) is 13.2. The van der Waals surface area contributed by atoms with Crippen LogP contribution in [-0.2, 0) is 6.42 Å². The van der Waals surface area contributed by atoms with Gasteiger partial charge < -0.3 is 0 Å². The second-order valence-electron chi connectivity index (χ2n) is 6.09. The van der Waals surface area contributed by atoms with Gasteiger partial charge in [-0.05, 0) is 48.3 Å². The molecular weight excluding hydrogens is 244 g/mol. The Morgan fingerprint density at radius 2 is 2.06 bits per heavy atom. The standard InChI is InChI=1S/C15H23ClN2/c1-15(2)9-3-4-13(15)14(18-17)10-11-5-7-12(16)8-6-11/h5-8,13-14,18H,3-4,9-10,17H2,1-2H3. The summed E-state index contributed by atoms with van der Waals surface area (Å²) in [4.78, 5) is 0. The molecule has 2 nitrogen and oxygen atoms in total. The summed E-state index contributed by atoms with van der Waals surface area (Å²) in [7, 11) is 0. The van der Waals surface area contributed by atoms with Crippen LogP contribution in [0.3, 0.4) is 0 Å². The van der Waals surface area contributed by atoms with Crippen molar-refractivity contribution in [2.75, 3.05) is 0 Å². The van der Waals surface area contributed by atoms with Gasteiger partial charge in [-0.3, -0.25) is 11.3 Å². The fourth-order valence-electron chi connectivity index (χ4n) is 3.29. The monoisotopic (exact) mass is 266 g/mol. The molecule has 1 aromatic carbocycles. The summed E-state index contributed by atoms with van der Waals surface area (Å²) in [6.07, 6.45) is 4.87. The first-order chi connectivity index (χ1) is 8.53. The second-order valence-corrected chi connectivity index (χ2v) is 6.53. The van der Waals surface area contributed by atoms with Crippen LogP contribution in [0.15, 0.2) is 24.3 Å². The van der Waals surface area contributed by atoms with Gasteiger partial charge in [-0.15, -0.1) is 0 Å². The quantitative estimate of drug-likeness (QED) is 0.646. The maximum Gasteiger partial charge on any atom is 0.0406 e. The Morgan fingerprint density at radius 1 is 1.39 bits per heavy atom. The molecule has 18 heavy (non-hydrogen) atoms. The van der Waals surface area contributed by atoms with Crippen LogP contribution in [0.5, 0.6) is 0 Å². The van der Waals surface area contributed by atoms with Crippen molar-refractivity contribution in [3.05, 3.63) is 34.9 Å². The van der Waals surface area contributed by atoms with E-state index in [2.05, 4.69) is 31.4 Å². The normalized spacial score (nSPS) is 24.1. The first-order valence-electron chi connectivity index (χ1n) is 6.73. The molecule has 0 aromatic heterocycles. The zero-order valence-corrected chi connectivity index (χ0v) is 12.0. The maximum absolute atomic E-state index is 5.91. The highest BCUT2D eigenvalue weighted by Gasteiger charge is 2.38. The van der Waals surface area contributed by atoms with Gasteiger partial charge in [-0.2, -0.15) is 0 Å². The number of nitrogens with two attached hydrogens (primary N) is 1. The highest BCUT2D eigenvalue weighted by molar-refractivity contribution is 6.30. The molecule has 0 amide bonds. The average molecular weight is 267 g/mol. The van der Waals surface area contributed by atoms with E-state index >= 15 is 0 Å². The fourth-order valence-corrected chi connectivity index (χ4v) is 3.42. The average Bonchev–Trinajstić information content (AvgIpc) is 2.68. The summed E-state index contributed by atoms with van der Waals surface area (Å²) >= 11 is 5.91. The smallest absolute Gasteiger partial charge is 0.0406 e. The number of rotatable bonds is 4. The lowest BCUT2D eigenvalue weighted by molar-refractivity contribution is 0.196. The predicted octanol–water partition coefficient (Wildman–Crippen LogP) is 3.54. The van der Waals surface area contributed by atoms with Crippen LogP contribution in [0.25, 0.3) is 0 Å². The van der Waals surface area contributed by atoms with E-state index in [1.54, 1.807) is 0 Å². The summed E-state index contributed by atoms with van der Waals surface area (Å²) in [5, 5.41) is 0.789. The Morgan fingerprint density at radius 3 is 2.56 bits per heavy atom. The van der Waals surface area contributed by atoms with E-state index in [0.717, 1.165) is 11.4 Å². The van der Waals surface area contributed by atoms with Gasteiger partial charge in [0.05, 0.1) is 0 Å². The van der Waals surface area contributed by atoms with E-state index in [1.807, 2.05) is 12.1 Å². The molecule has 0 bridgehead atoms. The van der Waals surface area contributed by atoms with Crippen LogP contribution in [-0.4, -0.2) is 6.04 Å². The summed E-state index contributed by atoms with van der Waals surface area (Å²) in [5.74, 6) is 6.43. The van der Waals surface area contributed by atoms with E-state index in [9.17, 15) is 0 Å². The molecule has 1 aliphatic rings. The molecule has 0 aliphatic heterocycles. The summed E-state index contributed by atoms with van der Waals surface area (Å²) in [6.45, 7) is 4.72. The molecule has 1 saturated carbocycles. The Labute approximate surface area is 115 Å². The molecule has 0 heterocycles. The lowest BCUT2D eigenvalue weighted by Gasteiger charge is -2.34. The predicted molar refractivity (Wildman–Crippen MR) is 77.4 cm³/mol. The summed E-state index contributed by atoms with van der Waals surface area (Å²) in [6, 6.07) is 8.43. The van der Waals surface area contributed by atoms with Crippen LogP contribution in [0.4, 0.5) is 0 Å². The highest BCUT2D eigenvalue weighted by atomic mass is 35.5. The van der Waals surface area contributed by atoms with Crippen molar-refractivity contribution in [1.29, 1.82) is 0 Å². The van der Waals surface area contributed by atoms with Crippen molar-refractivity contribution < 1.29 is 0 Å². The van der Waals surface area contributed by atoms with Gasteiger partial charge in [-0.25, -0.2) is 0 Å². The van der Waals surface area contributed by atoms with Crippen LogP contribution >= 0.6 is 11.6 Å². The minimum atomic E-state index is 0.351. The topological polar surface area (TPSA) is 38.0 Å². The Balaban J connectivity index is 2.07. The summed E-state index contributed by atoms with van der Waals surface area (Å²) < 4.78 is 0. The van der Waals surface area contributed by atoms with Crippen LogP contribution < -0.4 is 11.3 Å². The van der Waals surface area contributed by atoms with Crippen LogP contribution in [0.1, 0.15) is 38.7 Å². The third kappa shape index (κ3) is 3.05. The van der Waals surface area contributed by atoms with Crippen molar-refractivity contribution in [3.8, 4) is 0 Å². The Bertz CT molecular complexity index is 386. The van der Waals surface area contributed by atoms with Gasteiger partial charge in [0.2, 0.25) is 0 Å². The zero-order valence-electron chi connectivity index (χ0n) is 11.2. The highest BCUT2D eigenvalue weighted by Crippen LogP contribution is 2.44. The number of benzene rings is 1. The van der Waals surface area contributed by atoms with Gasteiger partial charge in [0.1, 0.15) is 0 Å². The lowest BCUT2D eigenvalue weighted by atomic mass is 9.76. The van der Waals surface area contributed by atoms with Crippen molar-refractivity contribution in [3.63, 3.8) is 0 Å². The molecule has 0 spiro atoms. The van der Waals surface area contributed by atoms with Gasteiger partial charge in [-0.1, -0.05) is 44.0 Å². The van der Waals surface area contributed by atoms with Gasteiger partial charge in [0, 0.05) is 11.1 Å². The second kappa shape index (κ2) is 5.60. The Kier molecular flexibility index (Phi) is 4.31. The Hall–Kier alpha value is -0.570. The molecule has 1 aromatic rings. The molecule has 1 aliphatic carbocycles. The maximum atomic E-state index is 5.91. The molecule has 2 unspecified atom stereocenters. The largest absolute Gasteiger partial charge is 0.271 e. The van der Waals surface area contributed by atoms with Crippen LogP contribution in [0, 0.1) is 11.3 Å². The molecule has 0 radical (unpaired) electrons. The first-order valence-corrected chi connectivity index (χ1v) is 7.11. The molecule has 2 rings (SSSR count). The molecular formula is C15H23ClN2. The molecule has 1 fully saturated rings. The SMILES string of the molecule is CC1(C)CCCC1C(Cc1ccc(Cl)cc1)NN. The minimum absolute atomic E-state index is 0.351. The molecule has 3 heteroatoms. The van der Waals surface area contributed by atoms with E-state index in [0.29, 0.717) is 17.4 Å². The molecule has 2 atom stereocenters. The fraction of sp³-hybridized carbons (Fsp3) is 0.600. The molecule has 3 N–H and O–H groups in total. The lowest BCUT2D eigenvalue weighted by Crippen LogP contribution is -2.45. The van der Waals surface area contributed by atoms with Crippen molar-refractivity contribution >= 4 is 11.6 Å². The first kappa shape index (κ1) is 13.9. The van der Waals surface area contributed by atoms with Gasteiger partial charge in [0.25, 0.3) is 0 Å². The number of hydrogen-bond acceptors (Lipinski definition) is 2. The number of halogens is 1. The molecule has 100 valence electrons.